The number of carbonyl (C=O) groups excluding carboxylic acids is 2. The van der Waals surface area contributed by atoms with Crippen LogP contribution in [0.4, 0.5) is 11.4 Å². The van der Waals surface area contributed by atoms with E-state index in [0.29, 0.717) is 29.0 Å². The molecule has 1 aromatic heterocycles. The average Bonchev–Trinajstić information content (AvgIpc) is 3.14. The van der Waals surface area contributed by atoms with Gasteiger partial charge in [-0.05, 0) is 31.2 Å². The van der Waals surface area contributed by atoms with Crippen LogP contribution in [0.15, 0.2) is 59.8 Å². The van der Waals surface area contributed by atoms with Crippen LogP contribution < -0.4 is 15.4 Å². The standard InChI is InChI=1S/C21H23N5O3S/c1-3-26-18(13-19(27)23-16-11-7-8-12-17(16)29-2)24-25-21(26)30-14-20(28)22-15-9-5-4-6-10-15/h4-12H,3,13-14H2,1-2H3,(H,22,28)(H,23,27). The van der Waals surface area contributed by atoms with Gasteiger partial charge in [0.05, 0.1) is 25.0 Å². The fourth-order valence-corrected chi connectivity index (χ4v) is 3.63. The molecule has 2 aromatic carbocycles. The first kappa shape index (κ1) is 21.4. The van der Waals surface area contributed by atoms with Gasteiger partial charge in [0.25, 0.3) is 0 Å². The Hall–Kier alpha value is -3.33. The highest BCUT2D eigenvalue weighted by Gasteiger charge is 2.17. The molecule has 3 aromatic rings. The molecule has 0 bridgehead atoms. The molecule has 0 unspecified atom stereocenters. The topological polar surface area (TPSA) is 98.1 Å². The van der Waals surface area contributed by atoms with Crippen molar-refractivity contribution in [1.29, 1.82) is 0 Å². The molecule has 2 amide bonds. The Labute approximate surface area is 179 Å². The third-order valence-corrected chi connectivity index (χ3v) is 5.17. The Kier molecular flexibility index (Phi) is 7.45. The molecule has 8 nitrogen and oxygen atoms in total. The smallest absolute Gasteiger partial charge is 0.234 e. The van der Waals surface area contributed by atoms with Gasteiger partial charge in [-0.2, -0.15) is 0 Å². The normalized spacial score (nSPS) is 10.5. The molecule has 30 heavy (non-hydrogen) atoms. The van der Waals surface area contributed by atoms with Gasteiger partial charge in [0.1, 0.15) is 11.6 Å². The molecule has 3 rings (SSSR count). The summed E-state index contributed by atoms with van der Waals surface area (Å²) in [5.74, 6) is 0.965. The van der Waals surface area contributed by atoms with Crippen LogP contribution in [-0.4, -0.2) is 39.4 Å². The van der Waals surface area contributed by atoms with Crippen molar-refractivity contribution in [2.45, 2.75) is 25.0 Å². The fourth-order valence-electron chi connectivity index (χ4n) is 2.81. The summed E-state index contributed by atoms with van der Waals surface area (Å²) in [6.45, 7) is 2.53. The van der Waals surface area contributed by atoms with Crippen molar-refractivity contribution in [1.82, 2.24) is 14.8 Å². The van der Waals surface area contributed by atoms with Crippen LogP contribution in [-0.2, 0) is 22.6 Å². The first-order chi connectivity index (χ1) is 14.6. The predicted octanol–water partition coefficient (Wildman–Crippen LogP) is 3.22. The number of aromatic nitrogens is 3. The molecule has 0 radical (unpaired) electrons. The zero-order valence-electron chi connectivity index (χ0n) is 16.8. The maximum atomic E-state index is 12.5. The molecule has 0 atom stereocenters. The number of nitrogens with zero attached hydrogens (tertiary/aromatic N) is 3. The van der Waals surface area contributed by atoms with Gasteiger partial charge in [0.2, 0.25) is 11.8 Å². The zero-order chi connectivity index (χ0) is 21.3. The lowest BCUT2D eigenvalue weighted by atomic mass is 10.2. The highest BCUT2D eigenvalue weighted by atomic mass is 32.2. The summed E-state index contributed by atoms with van der Waals surface area (Å²) in [5.41, 5.74) is 1.34. The SMILES string of the molecule is CCn1c(CC(=O)Nc2ccccc2OC)nnc1SCC(=O)Nc1ccccc1. The quantitative estimate of drug-likeness (QED) is 0.511. The number of benzene rings is 2. The maximum absolute atomic E-state index is 12.5. The molecule has 1 heterocycles. The molecule has 0 aliphatic rings. The van der Waals surface area contributed by atoms with Crippen molar-refractivity contribution in [2.75, 3.05) is 23.5 Å². The lowest BCUT2D eigenvalue weighted by Gasteiger charge is -2.10. The number of para-hydroxylation sites is 3. The number of ether oxygens (including phenoxy) is 1. The lowest BCUT2D eigenvalue weighted by molar-refractivity contribution is -0.116. The first-order valence-electron chi connectivity index (χ1n) is 9.43. The molecule has 0 fully saturated rings. The lowest BCUT2D eigenvalue weighted by Crippen LogP contribution is -2.18. The number of amides is 2. The number of carbonyl (C=O) groups is 2. The number of anilines is 2. The molecule has 0 aliphatic carbocycles. The number of methoxy groups -OCH3 is 1. The van der Waals surface area contributed by atoms with Gasteiger partial charge in [-0.25, -0.2) is 0 Å². The molecule has 0 saturated carbocycles. The van der Waals surface area contributed by atoms with E-state index >= 15 is 0 Å². The van der Waals surface area contributed by atoms with Crippen LogP contribution in [0.2, 0.25) is 0 Å². The van der Waals surface area contributed by atoms with E-state index in [-0.39, 0.29) is 24.0 Å². The van der Waals surface area contributed by atoms with Crippen molar-refractivity contribution in [3.63, 3.8) is 0 Å². The van der Waals surface area contributed by atoms with E-state index in [1.807, 2.05) is 54.0 Å². The largest absolute Gasteiger partial charge is 0.495 e. The van der Waals surface area contributed by atoms with E-state index in [9.17, 15) is 9.59 Å². The van der Waals surface area contributed by atoms with E-state index in [1.165, 1.54) is 11.8 Å². The van der Waals surface area contributed by atoms with Gasteiger partial charge in [-0.15, -0.1) is 10.2 Å². The Bertz CT molecular complexity index is 1010. The highest BCUT2D eigenvalue weighted by Crippen LogP contribution is 2.23. The molecule has 156 valence electrons. The van der Waals surface area contributed by atoms with Gasteiger partial charge < -0.3 is 19.9 Å². The summed E-state index contributed by atoms with van der Waals surface area (Å²) < 4.78 is 7.09. The van der Waals surface area contributed by atoms with Gasteiger partial charge >= 0.3 is 0 Å². The second-order valence-electron chi connectivity index (χ2n) is 6.27. The van der Waals surface area contributed by atoms with E-state index < -0.39 is 0 Å². The Morgan fingerprint density at radius 1 is 1.00 bits per heavy atom. The summed E-state index contributed by atoms with van der Waals surface area (Å²) in [5, 5.41) is 14.6. The van der Waals surface area contributed by atoms with E-state index in [0.717, 1.165) is 5.69 Å². The first-order valence-corrected chi connectivity index (χ1v) is 10.4. The molecule has 0 aliphatic heterocycles. The van der Waals surface area contributed by atoms with Gasteiger partial charge in [0, 0.05) is 12.2 Å². The molecular weight excluding hydrogens is 402 g/mol. The minimum Gasteiger partial charge on any atom is -0.495 e. The summed E-state index contributed by atoms with van der Waals surface area (Å²) >= 11 is 1.28. The van der Waals surface area contributed by atoms with Crippen molar-refractivity contribution in [3.8, 4) is 5.75 Å². The number of rotatable bonds is 9. The Morgan fingerprint density at radius 2 is 1.73 bits per heavy atom. The second kappa shape index (κ2) is 10.4. The van der Waals surface area contributed by atoms with Crippen molar-refractivity contribution >= 4 is 35.0 Å². The van der Waals surface area contributed by atoms with Crippen LogP contribution in [0, 0.1) is 0 Å². The number of hydrogen-bond donors (Lipinski definition) is 2. The summed E-state index contributed by atoms with van der Waals surface area (Å²) in [6, 6.07) is 16.5. The summed E-state index contributed by atoms with van der Waals surface area (Å²) in [4.78, 5) is 24.6. The van der Waals surface area contributed by atoms with Crippen LogP contribution in [0.1, 0.15) is 12.7 Å². The van der Waals surface area contributed by atoms with Crippen molar-refractivity contribution in [2.24, 2.45) is 0 Å². The second-order valence-corrected chi connectivity index (χ2v) is 7.21. The monoisotopic (exact) mass is 425 g/mol. The van der Waals surface area contributed by atoms with Crippen LogP contribution in [0.25, 0.3) is 0 Å². The number of hydrogen-bond acceptors (Lipinski definition) is 6. The highest BCUT2D eigenvalue weighted by molar-refractivity contribution is 7.99. The third kappa shape index (κ3) is 5.60. The Balaban J connectivity index is 1.59. The fraction of sp³-hybridized carbons (Fsp3) is 0.238. The van der Waals surface area contributed by atoms with Crippen molar-refractivity contribution in [3.05, 3.63) is 60.4 Å². The van der Waals surface area contributed by atoms with E-state index in [2.05, 4.69) is 20.8 Å². The van der Waals surface area contributed by atoms with Crippen LogP contribution in [0.5, 0.6) is 5.75 Å². The minimum atomic E-state index is -0.222. The number of thioether (sulfide) groups is 1. The molecule has 0 saturated heterocycles. The van der Waals surface area contributed by atoms with Crippen LogP contribution >= 0.6 is 11.8 Å². The minimum absolute atomic E-state index is 0.0651. The molecular formula is C21H23N5O3S. The van der Waals surface area contributed by atoms with Gasteiger partial charge in [-0.1, -0.05) is 42.1 Å². The average molecular weight is 426 g/mol. The third-order valence-electron chi connectivity index (χ3n) is 4.20. The summed E-state index contributed by atoms with van der Waals surface area (Å²) in [6.07, 6.45) is 0.0651. The zero-order valence-corrected chi connectivity index (χ0v) is 17.6. The Morgan fingerprint density at radius 3 is 2.47 bits per heavy atom. The number of nitrogens with one attached hydrogen (secondary N) is 2. The van der Waals surface area contributed by atoms with Crippen LogP contribution in [0.3, 0.4) is 0 Å². The predicted molar refractivity (Wildman–Crippen MR) is 117 cm³/mol. The summed E-state index contributed by atoms with van der Waals surface area (Å²) in [7, 11) is 1.55. The van der Waals surface area contributed by atoms with Gasteiger partial charge in [0.15, 0.2) is 5.16 Å². The molecule has 9 heteroatoms. The van der Waals surface area contributed by atoms with E-state index in [1.54, 1.807) is 19.2 Å². The molecule has 0 spiro atoms. The van der Waals surface area contributed by atoms with Gasteiger partial charge in [-0.3, -0.25) is 9.59 Å². The van der Waals surface area contributed by atoms with Crippen molar-refractivity contribution < 1.29 is 14.3 Å². The van der Waals surface area contributed by atoms with E-state index in [4.69, 9.17) is 4.74 Å². The maximum Gasteiger partial charge on any atom is 0.234 e. The molecule has 2 N–H and O–H groups in total.